The van der Waals surface area contributed by atoms with E-state index in [4.69, 9.17) is 0 Å². The number of aryl methyl sites for hydroxylation is 1. The third-order valence-corrected chi connectivity index (χ3v) is 5.70. The Balaban J connectivity index is 2.11. The molecule has 2 rings (SSSR count). The molecule has 6 heteroatoms. The number of hydrogen-bond donors (Lipinski definition) is 1. The highest BCUT2D eigenvalue weighted by atomic mass is 32.2. The van der Waals surface area contributed by atoms with E-state index in [1.54, 1.807) is 28.8 Å². The number of rotatable bonds is 10. The zero-order valence-electron chi connectivity index (χ0n) is 18.2. The highest BCUT2D eigenvalue weighted by molar-refractivity contribution is 7.99. The topological polar surface area (TPSA) is 49.4 Å². The Morgan fingerprint density at radius 3 is 2.27 bits per heavy atom. The van der Waals surface area contributed by atoms with Crippen LogP contribution in [0.2, 0.25) is 0 Å². The van der Waals surface area contributed by atoms with Crippen molar-refractivity contribution in [1.29, 1.82) is 0 Å². The van der Waals surface area contributed by atoms with E-state index in [-0.39, 0.29) is 30.2 Å². The summed E-state index contributed by atoms with van der Waals surface area (Å²) in [4.78, 5) is 28.6. The summed E-state index contributed by atoms with van der Waals surface area (Å²) in [7, 11) is 0. The molecule has 162 valence electrons. The summed E-state index contributed by atoms with van der Waals surface area (Å²) in [6.45, 7) is 8.01. The molecule has 0 aliphatic heterocycles. The molecule has 1 N–H and O–H groups in total. The molecule has 0 aliphatic carbocycles. The Labute approximate surface area is 183 Å². The lowest BCUT2D eigenvalue weighted by Gasteiger charge is -2.31. The number of amides is 2. The molecule has 2 amide bonds. The van der Waals surface area contributed by atoms with Gasteiger partial charge in [-0.2, -0.15) is 0 Å². The predicted molar refractivity (Wildman–Crippen MR) is 121 cm³/mol. The lowest BCUT2D eigenvalue weighted by molar-refractivity contribution is -0.141. The molecule has 0 saturated carbocycles. The molecule has 2 aromatic carbocycles. The first kappa shape index (κ1) is 23.9. The fourth-order valence-electron chi connectivity index (χ4n) is 3.12. The van der Waals surface area contributed by atoms with Crippen LogP contribution in [0.3, 0.4) is 0 Å². The molecule has 0 bridgehead atoms. The van der Waals surface area contributed by atoms with Crippen LogP contribution in [0.25, 0.3) is 0 Å². The molecule has 1 unspecified atom stereocenters. The van der Waals surface area contributed by atoms with Crippen molar-refractivity contribution < 1.29 is 14.0 Å². The lowest BCUT2D eigenvalue weighted by Crippen LogP contribution is -2.50. The van der Waals surface area contributed by atoms with Crippen molar-refractivity contribution in [2.75, 3.05) is 5.75 Å². The number of carbonyl (C=O) groups is 2. The minimum absolute atomic E-state index is 0.00795. The van der Waals surface area contributed by atoms with Gasteiger partial charge in [-0.3, -0.25) is 9.59 Å². The molecule has 0 aliphatic rings. The van der Waals surface area contributed by atoms with Gasteiger partial charge in [0, 0.05) is 29.7 Å². The molecule has 0 spiro atoms. The van der Waals surface area contributed by atoms with E-state index in [0.29, 0.717) is 18.6 Å². The van der Waals surface area contributed by atoms with Gasteiger partial charge in [-0.15, -0.1) is 11.8 Å². The quantitative estimate of drug-likeness (QED) is 0.543. The summed E-state index contributed by atoms with van der Waals surface area (Å²) in [5.41, 5.74) is 1.99. The van der Waals surface area contributed by atoms with Crippen molar-refractivity contribution in [3.63, 3.8) is 0 Å². The van der Waals surface area contributed by atoms with Crippen molar-refractivity contribution in [3.05, 3.63) is 65.5 Å². The molecule has 30 heavy (non-hydrogen) atoms. The molecule has 1 atom stereocenters. The van der Waals surface area contributed by atoms with E-state index in [1.165, 1.54) is 17.7 Å². The number of hydrogen-bond acceptors (Lipinski definition) is 3. The van der Waals surface area contributed by atoms with Gasteiger partial charge in [0.25, 0.3) is 0 Å². The van der Waals surface area contributed by atoms with Crippen molar-refractivity contribution in [3.8, 4) is 0 Å². The highest BCUT2D eigenvalue weighted by Crippen LogP contribution is 2.21. The summed E-state index contributed by atoms with van der Waals surface area (Å²) in [6.07, 6.45) is 0.835. The van der Waals surface area contributed by atoms with E-state index in [0.717, 1.165) is 10.5 Å². The van der Waals surface area contributed by atoms with Crippen molar-refractivity contribution in [1.82, 2.24) is 10.2 Å². The second-order valence-corrected chi connectivity index (χ2v) is 8.82. The van der Waals surface area contributed by atoms with Gasteiger partial charge < -0.3 is 10.2 Å². The maximum Gasteiger partial charge on any atom is 0.243 e. The van der Waals surface area contributed by atoms with Crippen LogP contribution in [0, 0.1) is 12.7 Å². The molecule has 0 saturated heterocycles. The third kappa shape index (κ3) is 7.48. The van der Waals surface area contributed by atoms with Crippen LogP contribution < -0.4 is 5.32 Å². The van der Waals surface area contributed by atoms with Crippen molar-refractivity contribution in [2.24, 2.45) is 0 Å². The maximum atomic E-state index is 13.3. The Morgan fingerprint density at radius 1 is 1.07 bits per heavy atom. The molecule has 0 aromatic heterocycles. The summed E-state index contributed by atoms with van der Waals surface area (Å²) < 4.78 is 13.3. The van der Waals surface area contributed by atoms with Gasteiger partial charge in [-0.05, 0) is 57.0 Å². The number of halogens is 1. The van der Waals surface area contributed by atoms with Crippen LogP contribution in [0.5, 0.6) is 0 Å². The van der Waals surface area contributed by atoms with E-state index >= 15 is 0 Å². The minimum atomic E-state index is -0.561. The smallest absolute Gasteiger partial charge is 0.243 e. The number of nitrogens with zero attached hydrogens (tertiary/aromatic N) is 1. The van der Waals surface area contributed by atoms with E-state index < -0.39 is 6.04 Å². The highest BCUT2D eigenvalue weighted by Gasteiger charge is 2.28. The third-order valence-electron chi connectivity index (χ3n) is 4.69. The molecular formula is C24H31FN2O2S. The number of thioether (sulfide) groups is 1. The van der Waals surface area contributed by atoms with Gasteiger partial charge >= 0.3 is 0 Å². The van der Waals surface area contributed by atoms with Gasteiger partial charge in [0.15, 0.2) is 0 Å². The number of benzene rings is 2. The standard InChI is InChI=1S/C24H31FN2O2S/c1-5-22(24(29)26-17(2)3)27(16-19-8-10-20(25)11-9-19)23(28)14-15-30-21-12-6-18(4)7-13-21/h6-13,17,22H,5,14-16H2,1-4H3,(H,26,29). The van der Waals surface area contributed by atoms with Crippen LogP contribution in [0.15, 0.2) is 53.4 Å². The van der Waals surface area contributed by atoms with Crippen LogP contribution in [-0.2, 0) is 16.1 Å². The second-order valence-electron chi connectivity index (χ2n) is 7.65. The average Bonchev–Trinajstić information content (AvgIpc) is 2.70. The molecule has 4 nitrogen and oxygen atoms in total. The van der Waals surface area contributed by atoms with Crippen LogP contribution >= 0.6 is 11.8 Å². The normalized spacial score (nSPS) is 11.9. The van der Waals surface area contributed by atoms with Crippen LogP contribution in [0.1, 0.15) is 44.7 Å². The van der Waals surface area contributed by atoms with Crippen LogP contribution in [0.4, 0.5) is 4.39 Å². The Kier molecular flexibility index (Phi) is 9.37. The van der Waals surface area contributed by atoms with E-state index in [2.05, 4.69) is 5.32 Å². The second kappa shape index (κ2) is 11.7. The SMILES string of the molecule is CCC(C(=O)NC(C)C)N(Cc1ccc(F)cc1)C(=O)CCSc1ccc(C)cc1. The summed E-state index contributed by atoms with van der Waals surface area (Å²) in [5, 5.41) is 2.91. The van der Waals surface area contributed by atoms with Gasteiger partial charge in [0.05, 0.1) is 0 Å². The summed E-state index contributed by atoms with van der Waals surface area (Å²) >= 11 is 1.62. The fourth-order valence-corrected chi connectivity index (χ4v) is 3.96. The maximum absolute atomic E-state index is 13.3. The molecular weight excluding hydrogens is 399 g/mol. The zero-order valence-corrected chi connectivity index (χ0v) is 19.0. The van der Waals surface area contributed by atoms with E-state index in [9.17, 15) is 14.0 Å². The first-order chi connectivity index (χ1) is 14.3. The zero-order chi connectivity index (χ0) is 22.1. The largest absolute Gasteiger partial charge is 0.352 e. The van der Waals surface area contributed by atoms with Crippen molar-refractivity contribution in [2.45, 2.75) is 64.1 Å². The van der Waals surface area contributed by atoms with Crippen LogP contribution in [-0.4, -0.2) is 34.6 Å². The Hall–Kier alpha value is -2.34. The minimum Gasteiger partial charge on any atom is -0.352 e. The Morgan fingerprint density at radius 2 is 1.70 bits per heavy atom. The molecule has 2 aromatic rings. The average molecular weight is 431 g/mol. The lowest BCUT2D eigenvalue weighted by atomic mass is 10.1. The van der Waals surface area contributed by atoms with E-state index in [1.807, 2.05) is 52.0 Å². The fraction of sp³-hybridized carbons (Fsp3) is 0.417. The molecule has 0 fully saturated rings. The first-order valence-electron chi connectivity index (χ1n) is 10.3. The molecule has 0 heterocycles. The number of carbonyl (C=O) groups excluding carboxylic acids is 2. The monoisotopic (exact) mass is 430 g/mol. The van der Waals surface area contributed by atoms with Gasteiger partial charge in [-0.25, -0.2) is 4.39 Å². The first-order valence-corrected chi connectivity index (χ1v) is 11.3. The summed E-state index contributed by atoms with van der Waals surface area (Å²) in [5.74, 6) is 0.0684. The Bertz CT molecular complexity index is 822. The molecule has 0 radical (unpaired) electrons. The van der Waals surface area contributed by atoms with Gasteiger partial charge in [-0.1, -0.05) is 36.8 Å². The van der Waals surface area contributed by atoms with Gasteiger partial charge in [0.2, 0.25) is 11.8 Å². The van der Waals surface area contributed by atoms with Gasteiger partial charge in [0.1, 0.15) is 11.9 Å². The predicted octanol–water partition coefficient (Wildman–Crippen LogP) is 4.95. The summed E-state index contributed by atoms with van der Waals surface area (Å²) in [6, 6.07) is 13.7. The van der Waals surface area contributed by atoms with Crippen molar-refractivity contribution >= 4 is 23.6 Å². The number of nitrogens with one attached hydrogen (secondary N) is 1.